The molecule has 0 spiro atoms. The van der Waals surface area contributed by atoms with Crippen molar-refractivity contribution < 1.29 is 19.3 Å². The Morgan fingerprint density at radius 3 is 2.83 bits per heavy atom. The molecule has 0 saturated carbocycles. The van der Waals surface area contributed by atoms with E-state index >= 15 is 0 Å². The highest BCUT2D eigenvalue weighted by Crippen LogP contribution is 2.38. The molecule has 2 N–H and O–H groups in total. The van der Waals surface area contributed by atoms with Crippen LogP contribution in [-0.2, 0) is 0 Å². The van der Waals surface area contributed by atoms with Crippen molar-refractivity contribution in [1.82, 2.24) is 14.4 Å². The smallest absolute Gasteiger partial charge is 0.235 e. The number of fused-ring (bicyclic) bond motifs is 2. The van der Waals surface area contributed by atoms with Crippen LogP contribution in [0, 0.1) is 0 Å². The van der Waals surface area contributed by atoms with Crippen molar-refractivity contribution in [3.8, 4) is 34.3 Å². The van der Waals surface area contributed by atoms with Gasteiger partial charge in [-0.3, -0.25) is 4.40 Å². The van der Waals surface area contributed by atoms with Crippen LogP contribution in [0.3, 0.4) is 0 Å². The first-order chi connectivity index (χ1) is 14.2. The van der Waals surface area contributed by atoms with Gasteiger partial charge in [0.2, 0.25) is 5.78 Å². The first-order valence-corrected chi connectivity index (χ1v) is 9.10. The largest absolute Gasteiger partial charge is 0.504 e. The lowest BCUT2D eigenvalue weighted by Crippen LogP contribution is -2.15. The zero-order valence-corrected chi connectivity index (χ0v) is 15.6. The molecule has 4 aromatic rings. The summed E-state index contributed by atoms with van der Waals surface area (Å²) >= 11 is 0. The fourth-order valence-electron chi connectivity index (χ4n) is 3.29. The molecule has 0 unspecified atom stereocenters. The molecule has 0 saturated heterocycles. The maximum absolute atomic E-state index is 9.93. The first-order valence-electron chi connectivity index (χ1n) is 9.10. The van der Waals surface area contributed by atoms with Crippen molar-refractivity contribution in [1.29, 1.82) is 0 Å². The van der Waals surface area contributed by atoms with Crippen LogP contribution >= 0.6 is 0 Å². The second kappa shape index (κ2) is 6.90. The molecule has 29 heavy (non-hydrogen) atoms. The van der Waals surface area contributed by atoms with Crippen LogP contribution in [0.5, 0.6) is 23.0 Å². The highest BCUT2D eigenvalue weighted by molar-refractivity contribution is 5.80. The molecular weight excluding hydrogens is 372 g/mol. The molecule has 2 aromatic carbocycles. The lowest BCUT2D eigenvalue weighted by Gasteiger charge is -2.19. The molecule has 0 bridgehead atoms. The van der Waals surface area contributed by atoms with E-state index in [2.05, 4.69) is 15.3 Å². The number of anilines is 2. The van der Waals surface area contributed by atoms with Gasteiger partial charge in [-0.25, -0.2) is 9.97 Å². The summed E-state index contributed by atoms with van der Waals surface area (Å²) in [4.78, 5) is 9.01. The Hall–Kier alpha value is -3.94. The number of ether oxygens (including phenoxy) is 3. The molecule has 0 atom stereocenters. The predicted octanol–water partition coefficient (Wildman–Crippen LogP) is 3.63. The molecule has 1 aliphatic rings. The quantitative estimate of drug-likeness (QED) is 0.550. The number of aromatic nitrogens is 3. The summed E-state index contributed by atoms with van der Waals surface area (Å²) in [5.74, 6) is 3.15. The Bertz CT molecular complexity index is 1200. The molecule has 0 amide bonds. The molecule has 1 aliphatic heterocycles. The van der Waals surface area contributed by atoms with Crippen LogP contribution in [0.4, 0.5) is 11.5 Å². The number of aromatic hydroxyl groups is 1. The topological polar surface area (TPSA) is 90.1 Å². The Morgan fingerprint density at radius 2 is 1.97 bits per heavy atom. The van der Waals surface area contributed by atoms with Gasteiger partial charge >= 0.3 is 0 Å². The van der Waals surface area contributed by atoms with Gasteiger partial charge in [0, 0.05) is 29.7 Å². The molecule has 0 radical (unpaired) electrons. The third-order valence-corrected chi connectivity index (χ3v) is 4.66. The summed E-state index contributed by atoms with van der Waals surface area (Å²) in [6.45, 7) is 1.07. The van der Waals surface area contributed by atoms with Crippen molar-refractivity contribution in [2.75, 3.05) is 25.6 Å². The summed E-state index contributed by atoms with van der Waals surface area (Å²) in [7, 11) is 1.51. The van der Waals surface area contributed by atoms with E-state index in [0.717, 1.165) is 22.8 Å². The number of nitrogens with zero attached hydrogens (tertiary/aromatic N) is 3. The van der Waals surface area contributed by atoms with Gasteiger partial charge in [-0.1, -0.05) is 0 Å². The molecular formula is C21H18N4O4. The highest BCUT2D eigenvalue weighted by Gasteiger charge is 2.18. The molecule has 146 valence electrons. The Labute approximate surface area is 166 Å². The molecule has 8 heteroatoms. The van der Waals surface area contributed by atoms with Crippen molar-refractivity contribution in [3.05, 3.63) is 54.9 Å². The fourth-order valence-corrected chi connectivity index (χ4v) is 3.29. The van der Waals surface area contributed by atoms with Crippen LogP contribution in [-0.4, -0.2) is 39.8 Å². The summed E-state index contributed by atoms with van der Waals surface area (Å²) in [6, 6.07) is 12.6. The van der Waals surface area contributed by atoms with Gasteiger partial charge in [0.15, 0.2) is 23.0 Å². The Balaban J connectivity index is 1.62. The zero-order chi connectivity index (χ0) is 19.8. The average Bonchev–Trinajstić information content (AvgIpc) is 3.12. The lowest BCUT2D eigenvalue weighted by atomic mass is 10.1. The van der Waals surface area contributed by atoms with E-state index in [0.29, 0.717) is 36.2 Å². The standard InChI is InChI=1S/C21H18N4O4/c1-27-17-11-13(3-5-15(17)26)19-20(25-8-2-7-22-21(25)24-19)23-14-4-6-16-18(12-14)29-10-9-28-16/h2-8,11-12,23,26H,9-10H2,1H3. The van der Waals surface area contributed by atoms with Gasteiger partial charge in [0.1, 0.15) is 24.7 Å². The van der Waals surface area contributed by atoms with Crippen LogP contribution in [0.15, 0.2) is 54.9 Å². The summed E-state index contributed by atoms with van der Waals surface area (Å²) in [5, 5.41) is 13.4. The highest BCUT2D eigenvalue weighted by atomic mass is 16.6. The van der Waals surface area contributed by atoms with E-state index in [1.807, 2.05) is 34.9 Å². The van der Waals surface area contributed by atoms with Crippen LogP contribution in [0.1, 0.15) is 0 Å². The minimum atomic E-state index is 0.0690. The molecule has 5 rings (SSSR count). The van der Waals surface area contributed by atoms with Crippen molar-refractivity contribution >= 4 is 17.3 Å². The third-order valence-electron chi connectivity index (χ3n) is 4.66. The minimum Gasteiger partial charge on any atom is -0.504 e. The molecule has 0 fully saturated rings. The number of methoxy groups -OCH3 is 1. The number of nitrogens with one attached hydrogen (secondary N) is 1. The van der Waals surface area contributed by atoms with E-state index < -0.39 is 0 Å². The van der Waals surface area contributed by atoms with E-state index in [9.17, 15) is 5.11 Å². The predicted molar refractivity (Wildman–Crippen MR) is 107 cm³/mol. The maximum Gasteiger partial charge on any atom is 0.235 e. The molecule has 0 aliphatic carbocycles. The number of rotatable bonds is 4. The first kappa shape index (κ1) is 17.2. The second-order valence-electron chi connectivity index (χ2n) is 6.47. The molecule has 3 heterocycles. The average molecular weight is 390 g/mol. The monoisotopic (exact) mass is 390 g/mol. The number of phenolic OH excluding ortho intramolecular Hbond substituents is 1. The van der Waals surface area contributed by atoms with E-state index in [1.54, 1.807) is 24.4 Å². The molecule has 2 aromatic heterocycles. The minimum absolute atomic E-state index is 0.0690. The number of hydrogen-bond donors (Lipinski definition) is 2. The Kier molecular flexibility index (Phi) is 4.09. The van der Waals surface area contributed by atoms with Gasteiger partial charge in [-0.2, -0.15) is 0 Å². The second-order valence-corrected chi connectivity index (χ2v) is 6.47. The van der Waals surface area contributed by atoms with Crippen LogP contribution < -0.4 is 19.5 Å². The van der Waals surface area contributed by atoms with Gasteiger partial charge in [0.05, 0.1) is 7.11 Å². The molecule has 8 nitrogen and oxygen atoms in total. The summed E-state index contributed by atoms with van der Waals surface area (Å²) in [6.07, 6.45) is 3.58. The van der Waals surface area contributed by atoms with Gasteiger partial charge in [0.25, 0.3) is 0 Å². The summed E-state index contributed by atoms with van der Waals surface area (Å²) < 4.78 is 18.4. The normalized spacial score (nSPS) is 12.7. The SMILES string of the molecule is COc1cc(-c2nc3ncccn3c2Nc2ccc3c(c2)OCCO3)ccc1O. The zero-order valence-electron chi connectivity index (χ0n) is 15.6. The van der Waals surface area contributed by atoms with Crippen molar-refractivity contribution in [2.24, 2.45) is 0 Å². The number of hydrogen-bond acceptors (Lipinski definition) is 7. The van der Waals surface area contributed by atoms with Gasteiger partial charge in [-0.15, -0.1) is 0 Å². The number of imidazole rings is 1. The summed E-state index contributed by atoms with van der Waals surface area (Å²) in [5.41, 5.74) is 2.29. The van der Waals surface area contributed by atoms with Crippen LogP contribution in [0.25, 0.3) is 17.0 Å². The lowest BCUT2D eigenvalue weighted by molar-refractivity contribution is 0.171. The van der Waals surface area contributed by atoms with Crippen molar-refractivity contribution in [3.63, 3.8) is 0 Å². The third kappa shape index (κ3) is 3.04. The van der Waals surface area contributed by atoms with E-state index in [1.165, 1.54) is 7.11 Å². The maximum atomic E-state index is 9.93. The van der Waals surface area contributed by atoms with E-state index in [-0.39, 0.29) is 5.75 Å². The van der Waals surface area contributed by atoms with Gasteiger partial charge in [-0.05, 0) is 36.4 Å². The number of benzene rings is 2. The fraction of sp³-hybridized carbons (Fsp3) is 0.143. The van der Waals surface area contributed by atoms with Crippen LogP contribution in [0.2, 0.25) is 0 Å². The van der Waals surface area contributed by atoms with E-state index in [4.69, 9.17) is 14.2 Å². The van der Waals surface area contributed by atoms with Crippen molar-refractivity contribution in [2.45, 2.75) is 0 Å². The van der Waals surface area contributed by atoms with Gasteiger partial charge < -0.3 is 24.6 Å². The number of phenols is 1. The Morgan fingerprint density at radius 1 is 1.10 bits per heavy atom.